The van der Waals surface area contributed by atoms with Crippen LogP contribution in [0.4, 0.5) is 6.01 Å². The fourth-order valence-electron chi connectivity index (χ4n) is 2.84. The van der Waals surface area contributed by atoms with Crippen molar-refractivity contribution in [1.82, 2.24) is 15.0 Å². The summed E-state index contributed by atoms with van der Waals surface area (Å²) in [5, 5.41) is 5.96. The van der Waals surface area contributed by atoms with Crippen LogP contribution in [0, 0.1) is 5.92 Å². The zero-order valence-electron chi connectivity index (χ0n) is 13.6. The van der Waals surface area contributed by atoms with Crippen LogP contribution in [0.25, 0.3) is 0 Å². The van der Waals surface area contributed by atoms with E-state index >= 15 is 0 Å². The van der Waals surface area contributed by atoms with Crippen molar-refractivity contribution in [3.8, 4) is 0 Å². The second-order valence-corrected chi connectivity index (χ2v) is 7.09. The maximum absolute atomic E-state index is 12.3. The highest BCUT2D eigenvalue weighted by Crippen LogP contribution is 2.24. The highest BCUT2D eigenvalue weighted by Gasteiger charge is 2.24. The molecular weight excluding hydrogens is 312 g/mol. The number of likely N-dealkylation sites (tertiary alicyclic amines) is 1. The van der Waals surface area contributed by atoms with Gasteiger partial charge in [0.15, 0.2) is 5.82 Å². The van der Waals surface area contributed by atoms with Gasteiger partial charge >= 0.3 is 6.01 Å². The summed E-state index contributed by atoms with van der Waals surface area (Å²) < 4.78 is 5.17. The number of aryl methyl sites for hydroxylation is 1. The first-order valence-corrected chi connectivity index (χ1v) is 8.84. The molecule has 0 aliphatic carbocycles. The Morgan fingerprint density at radius 3 is 2.83 bits per heavy atom. The molecule has 1 aliphatic heterocycles. The Morgan fingerprint density at radius 2 is 2.22 bits per heavy atom. The lowest BCUT2D eigenvalue weighted by Crippen LogP contribution is -2.38. The second-order valence-electron chi connectivity index (χ2n) is 6.14. The Kier molecular flexibility index (Phi) is 4.95. The van der Waals surface area contributed by atoms with Crippen molar-refractivity contribution < 1.29 is 9.32 Å². The number of carbonyl (C=O) groups is 1. The third kappa shape index (κ3) is 3.90. The average molecular weight is 334 g/mol. The van der Waals surface area contributed by atoms with Crippen LogP contribution in [-0.4, -0.2) is 48.1 Å². The van der Waals surface area contributed by atoms with E-state index in [1.54, 1.807) is 0 Å². The molecule has 3 heterocycles. The number of hydrogen-bond donors (Lipinski definition) is 0. The number of thiophene rings is 1. The minimum Gasteiger partial charge on any atom is -0.338 e. The molecule has 23 heavy (non-hydrogen) atoms. The third-order valence-corrected chi connectivity index (χ3v) is 5.11. The Hall–Kier alpha value is -1.89. The lowest BCUT2D eigenvalue weighted by Gasteiger charge is -2.31. The molecule has 0 aromatic carbocycles. The van der Waals surface area contributed by atoms with Crippen LogP contribution in [0.15, 0.2) is 22.0 Å². The summed E-state index contributed by atoms with van der Waals surface area (Å²) in [5.74, 6) is 1.57. The highest BCUT2D eigenvalue weighted by atomic mass is 32.1. The van der Waals surface area contributed by atoms with Gasteiger partial charge in [0, 0.05) is 33.6 Å². The number of hydrogen-bond acceptors (Lipinski definition) is 6. The highest BCUT2D eigenvalue weighted by molar-refractivity contribution is 7.12. The summed E-state index contributed by atoms with van der Waals surface area (Å²) in [5.41, 5.74) is 0. The molecule has 0 spiro atoms. The van der Waals surface area contributed by atoms with Crippen molar-refractivity contribution in [2.24, 2.45) is 5.92 Å². The quantitative estimate of drug-likeness (QED) is 0.841. The van der Waals surface area contributed by atoms with Gasteiger partial charge in [-0.15, -0.1) is 11.3 Å². The van der Waals surface area contributed by atoms with Gasteiger partial charge in [-0.05, 0) is 36.6 Å². The first kappa shape index (κ1) is 16.0. The zero-order valence-corrected chi connectivity index (χ0v) is 14.4. The van der Waals surface area contributed by atoms with Crippen LogP contribution >= 0.6 is 11.3 Å². The number of piperidine rings is 1. The molecule has 1 aliphatic rings. The SMILES string of the molecule is CN(C)c1nc(CCC2CCN(C(=O)c3cccs3)CC2)no1. The van der Waals surface area contributed by atoms with Gasteiger partial charge in [-0.1, -0.05) is 11.2 Å². The van der Waals surface area contributed by atoms with E-state index in [1.807, 2.05) is 41.4 Å². The predicted molar refractivity (Wildman–Crippen MR) is 89.9 cm³/mol. The summed E-state index contributed by atoms with van der Waals surface area (Å²) in [6, 6.07) is 4.38. The van der Waals surface area contributed by atoms with Crippen molar-refractivity contribution in [3.63, 3.8) is 0 Å². The smallest absolute Gasteiger partial charge is 0.323 e. The minimum atomic E-state index is 0.173. The van der Waals surface area contributed by atoms with Crippen LogP contribution in [0.3, 0.4) is 0 Å². The molecular formula is C16H22N4O2S. The van der Waals surface area contributed by atoms with Crippen molar-refractivity contribution in [1.29, 1.82) is 0 Å². The van der Waals surface area contributed by atoms with E-state index in [1.165, 1.54) is 11.3 Å². The Balaban J connectivity index is 1.45. The maximum atomic E-state index is 12.3. The molecule has 0 radical (unpaired) electrons. The first-order valence-electron chi connectivity index (χ1n) is 7.96. The standard InChI is InChI=1S/C16H22N4O2S/c1-19(2)16-17-14(18-22-16)6-5-12-7-9-20(10-8-12)15(21)13-4-3-11-23-13/h3-4,11-12H,5-10H2,1-2H3. The molecule has 1 fully saturated rings. The molecule has 0 atom stereocenters. The Morgan fingerprint density at radius 1 is 1.43 bits per heavy atom. The predicted octanol–water partition coefficient (Wildman–Crippen LogP) is 2.68. The zero-order chi connectivity index (χ0) is 16.2. The molecule has 0 N–H and O–H groups in total. The van der Waals surface area contributed by atoms with Crippen molar-refractivity contribution in [3.05, 3.63) is 28.2 Å². The van der Waals surface area contributed by atoms with E-state index in [0.717, 1.165) is 49.5 Å². The molecule has 7 heteroatoms. The van der Waals surface area contributed by atoms with Gasteiger partial charge in [-0.2, -0.15) is 4.98 Å². The third-order valence-electron chi connectivity index (χ3n) is 4.25. The van der Waals surface area contributed by atoms with Gasteiger partial charge in [0.2, 0.25) is 0 Å². The first-order chi connectivity index (χ1) is 11.1. The van der Waals surface area contributed by atoms with E-state index in [9.17, 15) is 4.79 Å². The molecule has 0 unspecified atom stereocenters. The topological polar surface area (TPSA) is 62.5 Å². The minimum absolute atomic E-state index is 0.173. The Labute approximate surface area is 140 Å². The number of nitrogens with zero attached hydrogens (tertiary/aromatic N) is 4. The lowest BCUT2D eigenvalue weighted by atomic mass is 9.92. The fourth-order valence-corrected chi connectivity index (χ4v) is 3.53. The summed E-state index contributed by atoms with van der Waals surface area (Å²) in [6.07, 6.45) is 3.99. The fraction of sp³-hybridized carbons (Fsp3) is 0.562. The van der Waals surface area contributed by atoms with Crippen molar-refractivity contribution >= 4 is 23.3 Å². The van der Waals surface area contributed by atoms with E-state index in [4.69, 9.17) is 4.52 Å². The molecule has 2 aromatic rings. The average Bonchev–Trinajstić information content (AvgIpc) is 3.24. The molecule has 0 saturated carbocycles. The van der Waals surface area contributed by atoms with Crippen molar-refractivity contribution in [2.75, 3.05) is 32.1 Å². The molecule has 1 amide bonds. The van der Waals surface area contributed by atoms with Crippen molar-refractivity contribution in [2.45, 2.75) is 25.7 Å². The number of anilines is 1. The van der Waals surface area contributed by atoms with Crippen LogP contribution in [-0.2, 0) is 6.42 Å². The number of amides is 1. The molecule has 6 nitrogen and oxygen atoms in total. The molecule has 124 valence electrons. The second kappa shape index (κ2) is 7.12. The van der Waals surface area contributed by atoms with Gasteiger partial charge in [0.25, 0.3) is 5.91 Å². The normalized spacial score (nSPS) is 15.8. The van der Waals surface area contributed by atoms with Crippen LogP contribution in [0.1, 0.15) is 34.8 Å². The monoisotopic (exact) mass is 334 g/mol. The summed E-state index contributed by atoms with van der Waals surface area (Å²) in [6.45, 7) is 1.69. The summed E-state index contributed by atoms with van der Waals surface area (Å²) in [4.78, 5) is 21.3. The molecule has 2 aromatic heterocycles. The largest absolute Gasteiger partial charge is 0.338 e. The van der Waals surface area contributed by atoms with Gasteiger partial charge in [-0.3, -0.25) is 4.79 Å². The van der Waals surface area contributed by atoms with E-state index < -0.39 is 0 Å². The lowest BCUT2D eigenvalue weighted by molar-refractivity contribution is 0.0691. The van der Waals surface area contributed by atoms with Crippen LogP contribution in [0.2, 0.25) is 0 Å². The maximum Gasteiger partial charge on any atom is 0.323 e. The van der Waals surface area contributed by atoms with Crippen LogP contribution < -0.4 is 4.90 Å². The Bertz CT molecular complexity index is 630. The number of rotatable bonds is 5. The van der Waals surface area contributed by atoms with Gasteiger partial charge in [0.05, 0.1) is 4.88 Å². The number of aromatic nitrogens is 2. The van der Waals surface area contributed by atoms with Gasteiger partial charge in [0.1, 0.15) is 0 Å². The molecule has 1 saturated heterocycles. The van der Waals surface area contributed by atoms with E-state index in [2.05, 4.69) is 10.1 Å². The molecule has 0 bridgehead atoms. The van der Waals surface area contributed by atoms with Gasteiger partial charge < -0.3 is 14.3 Å². The number of carbonyl (C=O) groups excluding carboxylic acids is 1. The van der Waals surface area contributed by atoms with Gasteiger partial charge in [-0.25, -0.2) is 0 Å². The summed E-state index contributed by atoms with van der Waals surface area (Å²) >= 11 is 1.52. The summed E-state index contributed by atoms with van der Waals surface area (Å²) in [7, 11) is 3.77. The van der Waals surface area contributed by atoms with Crippen LogP contribution in [0.5, 0.6) is 0 Å². The molecule has 3 rings (SSSR count). The van der Waals surface area contributed by atoms with E-state index in [0.29, 0.717) is 11.9 Å². The van der Waals surface area contributed by atoms with E-state index in [-0.39, 0.29) is 5.91 Å².